The Labute approximate surface area is 108 Å². The number of nitrogen functional groups attached to an aromatic ring is 1. The Kier molecular flexibility index (Phi) is 3.32. The van der Waals surface area contributed by atoms with E-state index in [1.807, 2.05) is 0 Å². The van der Waals surface area contributed by atoms with Crippen LogP contribution in [0.4, 0.5) is 5.82 Å². The maximum Gasteiger partial charge on any atom is 0.130 e. The van der Waals surface area contributed by atoms with Gasteiger partial charge in [-0.1, -0.05) is 31.0 Å². The normalized spacial score (nSPS) is 10.9. The lowest BCUT2D eigenvalue weighted by Crippen LogP contribution is -2.04. The minimum atomic E-state index is 0.307. The molecule has 94 valence electrons. The lowest BCUT2D eigenvalue weighted by Gasteiger charge is -2.14. The van der Waals surface area contributed by atoms with Crippen LogP contribution >= 0.6 is 0 Å². The summed E-state index contributed by atoms with van der Waals surface area (Å²) in [4.78, 5) is 8.52. The largest absolute Gasteiger partial charge is 0.383 e. The highest BCUT2D eigenvalue weighted by molar-refractivity contribution is 5.69. The van der Waals surface area contributed by atoms with Crippen molar-refractivity contribution in [3.8, 4) is 11.3 Å². The Bertz CT molecular complexity index is 554. The number of hydrogen-bond acceptors (Lipinski definition) is 3. The number of rotatable bonds is 2. The molecule has 0 unspecified atom stereocenters. The van der Waals surface area contributed by atoms with E-state index in [2.05, 4.69) is 55.9 Å². The van der Waals surface area contributed by atoms with Gasteiger partial charge >= 0.3 is 0 Å². The minimum Gasteiger partial charge on any atom is -0.383 e. The molecule has 3 heteroatoms. The van der Waals surface area contributed by atoms with Gasteiger partial charge in [0.2, 0.25) is 0 Å². The number of aryl methyl sites for hydroxylation is 2. The molecule has 0 saturated heterocycles. The zero-order valence-electron chi connectivity index (χ0n) is 11.4. The summed E-state index contributed by atoms with van der Waals surface area (Å²) in [7, 11) is 0. The van der Waals surface area contributed by atoms with Gasteiger partial charge in [-0.25, -0.2) is 9.97 Å². The van der Waals surface area contributed by atoms with E-state index in [1.165, 1.54) is 17.5 Å². The van der Waals surface area contributed by atoms with Crippen molar-refractivity contribution in [2.75, 3.05) is 5.73 Å². The van der Waals surface area contributed by atoms with E-state index < -0.39 is 0 Å². The highest BCUT2D eigenvalue weighted by Gasteiger charge is 2.14. The molecular formula is C15H19N3. The summed E-state index contributed by atoms with van der Waals surface area (Å²) < 4.78 is 0. The smallest absolute Gasteiger partial charge is 0.130 e. The monoisotopic (exact) mass is 241 g/mol. The van der Waals surface area contributed by atoms with Crippen LogP contribution in [0.3, 0.4) is 0 Å². The second-order valence-electron chi connectivity index (χ2n) is 5.05. The Morgan fingerprint density at radius 2 is 1.61 bits per heavy atom. The van der Waals surface area contributed by atoms with Crippen molar-refractivity contribution in [2.24, 2.45) is 0 Å². The fraction of sp³-hybridized carbons (Fsp3) is 0.333. The molecule has 0 atom stereocenters. The minimum absolute atomic E-state index is 0.307. The van der Waals surface area contributed by atoms with Gasteiger partial charge in [-0.15, -0.1) is 0 Å². The number of aromatic nitrogens is 2. The van der Waals surface area contributed by atoms with Gasteiger partial charge in [0.05, 0.1) is 5.69 Å². The third-order valence-corrected chi connectivity index (χ3v) is 2.99. The van der Waals surface area contributed by atoms with Crippen molar-refractivity contribution in [1.29, 1.82) is 0 Å². The fourth-order valence-electron chi connectivity index (χ4n) is 2.32. The van der Waals surface area contributed by atoms with E-state index in [1.54, 1.807) is 0 Å². The van der Waals surface area contributed by atoms with Crippen LogP contribution < -0.4 is 5.73 Å². The lowest BCUT2D eigenvalue weighted by atomic mass is 9.95. The fourth-order valence-corrected chi connectivity index (χ4v) is 2.32. The van der Waals surface area contributed by atoms with Gasteiger partial charge in [0, 0.05) is 11.1 Å². The van der Waals surface area contributed by atoms with Gasteiger partial charge in [-0.05, 0) is 31.9 Å². The third-order valence-electron chi connectivity index (χ3n) is 2.99. The summed E-state index contributed by atoms with van der Waals surface area (Å²) in [6, 6.07) is 6.43. The molecule has 1 aromatic heterocycles. The second kappa shape index (κ2) is 4.77. The molecule has 0 amide bonds. The predicted octanol–water partition coefficient (Wildman–Crippen LogP) is 3.47. The number of benzene rings is 1. The van der Waals surface area contributed by atoms with Crippen LogP contribution in [-0.4, -0.2) is 9.97 Å². The van der Waals surface area contributed by atoms with Crippen LogP contribution in [-0.2, 0) is 0 Å². The average molecular weight is 241 g/mol. The summed E-state index contributed by atoms with van der Waals surface area (Å²) in [6.45, 7) is 8.41. The Hall–Kier alpha value is -1.90. The lowest BCUT2D eigenvalue weighted by molar-refractivity contribution is 0.854. The van der Waals surface area contributed by atoms with Crippen molar-refractivity contribution in [3.05, 3.63) is 41.2 Å². The Morgan fingerprint density at radius 3 is 2.17 bits per heavy atom. The molecule has 0 bridgehead atoms. The summed E-state index contributed by atoms with van der Waals surface area (Å²) in [5, 5.41) is 0. The van der Waals surface area contributed by atoms with Gasteiger partial charge < -0.3 is 5.73 Å². The highest BCUT2D eigenvalue weighted by atomic mass is 14.9. The summed E-state index contributed by atoms with van der Waals surface area (Å²) >= 11 is 0. The molecule has 0 aliphatic carbocycles. The first-order valence-electron chi connectivity index (χ1n) is 6.18. The number of nitrogens with two attached hydrogens (primary N) is 1. The zero-order chi connectivity index (χ0) is 13.3. The maximum absolute atomic E-state index is 5.98. The average Bonchev–Trinajstić information content (AvgIpc) is 2.26. The first-order valence-corrected chi connectivity index (χ1v) is 6.18. The van der Waals surface area contributed by atoms with Crippen LogP contribution in [0.25, 0.3) is 11.3 Å². The molecular weight excluding hydrogens is 222 g/mol. The van der Waals surface area contributed by atoms with E-state index in [-0.39, 0.29) is 0 Å². The second-order valence-corrected chi connectivity index (χ2v) is 5.05. The molecule has 0 radical (unpaired) electrons. The first-order chi connectivity index (χ1) is 8.49. The van der Waals surface area contributed by atoms with Crippen LogP contribution in [0.15, 0.2) is 24.5 Å². The van der Waals surface area contributed by atoms with E-state index in [4.69, 9.17) is 5.73 Å². The van der Waals surface area contributed by atoms with Crippen LogP contribution in [0, 0.1) is 13.8 Å². The molecule has 2 rings (SSSR count). The van der Waals surface area contributed by atoms with E-state index in [0.717, 1.165) is 16.8 Å². The highest BCUT2D eigenvalue weighted by Crippen LogP contribution is 2.31. The molecule has 0 aliphatic rings. The molecule has 0 saturated carbocycles. The van der Waals surface area contributed by atoms with Gasteiger partial charge in [0.1, 0.15) is 12.1 Å². The van der Waals surface area contributed by atoms with Gasteiger partial charge in [0.25, 0.3) is 0 Å². The SMILES string of the molecule is Cc1cc(C)cc(-c2ncnc(N)c2C(C)C)c1. The first kappa shape index (κ1) is 12.6. The topological polar surface area (TPSA) is 51.8 Å². The standard InChI is InChI=1S/C15H19N3/c1-9(2)13-14(17-8-18-15(13)16)12-6-10(3)5-11(4)7-12/h5-9H,1-4H3,(H2,16,17,18). The van der Waals surface area contributed by atoms with Crippen molar-refractivity contribution < 1.29 is 0 Å². The molecule has 18 heavy (non-hydrogen) atoms. The van der Waals surface area contributed by atoms with Crippen molar-refractivity contribution in [2.45, 2.75) is 33.6 Å². The van der Waals surface area contributed by atoms with Crippen LogP contribution in [0.5, 0.6) is 0 Å². The summed E-state index contributed by atoms with van der Waals surface area (Å²) in [5.41, 5.74) is 11.5. The van der Waals surface area contributed by atoms with Gasteiger partial charge in [-0.2, -0.15) is 0 Å². The molecule has 0 fully saturated rings. The predicted molar refractivity (Wildman–Crippen MR) is 75.4 cm³/mol. The molecule has 0 aliphatic heterocycles. The van der Waals surface area contributed by atoms with Gasteiger partial charge in [-0.3, -0.25) is 0 Å². The molecule has 1 heterocycles. The Balaban J connectivity index is 2.67. The van der Waals surface area contributed by atoms with Crippen LogP contribution in [0.2, 0.25) is 0 Å². The number of anilines is 1. The summed E-state index contributed by atoms with van der Waals surface area (Å²) in [5.74, 6) is 0.885. The van der Waals surface area contributed by atoms with Crippen molar-refractivity contribution in [3.63, 3.8) is 0 Å². The molecule has 1 aromatic carbocycles. The van der Waals surface area contributed by atoms with Crippen LogP contribution in [0.1, 0.15) is 36.5 Å². The van der Waals surface area contributed by atoms with E-state index in [9.17, 15) is 0 Å². The molecule has 2 aromatic rings. The maximum atomic E-state index is 5.98. The number of hydrogen-bond donors (Lipinski definition) is 1. The van der Waals surface area contributed by atoms with Crippen molar-refractivity contribution in [1.82, 2.24) is 9.97 Å². The van der Waals surface area contributed by atoms with E-state index in [0.29, 0.717) is 11.7 Å². The number of nitrogens with zero attached hydrogens (tertiary/aromatic N) is 2. The van der Waals surface area contributed by atoms with Crippen molar-refractivity contribution >= 4 is 5.82 Å². The van der Waals surface area contributed by atoms with Gasteiger partial charge in [0.15, 0.2) is 0 Å². The van der Waals surface area contributed by atoms with E-state index >= 15 is 0 Å². The third kappa shape index (κ3) is 2.35. The molecule has 0 spiro atoms. The molecule has 3 nitrogen and oxygen atoms in total. The molecule has 2 N–H and O–H groups in total. The zero-order valence-corrected chi connectivity index (χ0v) is 11.4. The summed E-state index contributed by atoms with van der Waals surface area (Å²) in [6.07, 6.45) is 1.54. The Morgan fingerprint density at radius 1 is 1.00 bits per heavy atom. The quantitative estimate of drug-likeness (QED) is 0.876.